The smallest absolute Gasteiger partial charge is 0.238 e. The normalized spacial score (nSPS) is 17.2. The molecule has 3 N–H and O–H groups in total. The van der Waals surface area contributed by atoms with Gasteiger partial charge >= 0.3 is 0 Å². The van der Waals surface area contributed by atoms with E-state index in [0.29, 0.717) is 0 Å². The van der Waals surface area contributed by atoms with Crippen LogP contribution in [0.3, 0.4) is 0 Å². The van der Waals surface area contributed by atoms with Crippen molar-refractivity contribution in [2.45, 2.75) is 44.2 Å². The van der Waals surface area contributed by atoms with Crippen molar-refractivity contribution >= 4 is 21.6 Å². The summed E-state index contributed by atoms with van der Waals surface area (Å²) in [6, 6.07) is 14.7. The van der Waals surface area contributed by atoms with Gasteiger partial charge in [-0.1, -0.05) is 31.2 Å². The number of anilines is 1. The summed E-state index contributed by atoms with van der Waals surface area (Å²) in [6.07, 6.45) is 1.00. The van der Waals surface area contributed by atoms with E-state index in [9.17, 15) is 13.2 Å². The lowest BCUT2D eigenvalue weighted by atomic mass is 10.0. The minimum absolute atomic E-state index is 0.0259. The molecule has 2 atom stereocenters. The van der Waals surface area contributed by atoms with E-state index >= 15 is 0 Å². The fourth-order valence-corrected chi connectivity index (χ4v) is 4.35. The first-order chi connectivity index (χ1) is 14.7. The molecule has 0 radical (unpaired) electrons. The summed E-state index contributed by atoms with van der Waals surface area (Å²) < 4.78 is 22.8. The van der Waals surface area contributed by atoms with E-state index < -0.39 is 10.0 Å². The number of hydrogen-bond acceptors (Lipinski definition) is 5. The number of carbonyl (C=O) groups excluding carboxylic acids is 1. The van der Waals surface area contributed by atoms with Crippen LogP contribution in [0.25, 0.3) is 0 Å². The highest BCUT2D eigenvalue weighted by Crippen LogP contribution is 2.20. The van der Waals surface area contributed by atoms with E-state index in [2.05, 4.69) is 46.3 Å². The van der Waals surface area contributed by atoms with Gasteiger partial charge < -0.3 is 10.2 Å². The van der Waals surface area contributed by atoms with Crippen LogP contribution in [0.1, 0.15) is 37.9 Å². The minimum Gasteiger partial charge on any atom is -0.369 e. The minimum atomic E-state index is -3.68. The Labute approximate surface area is 185 Å². The third-order valence-electron chi connectivity index (χ3n) is 6.02. The number of nitrogens with one attached hydrogen (secondary N) is 1. The number of primary sulfonamides is 1. The largest absolute Gasteiger partial charge is 0.369 e. The first kappa shape index (κ1) is 23.2. The maximum Gasteiger partial charge on any atom is 0.238 e. The van der Waals surface area contributed by atoms with Crippen LogP contribution >= 0.6 is 0 Å². The molecule has 1 saturated heterocycles. The van der Waals surface area contributed by atoms with Crippen molar-refractivity contribution in [3.8, 4) is 0 Å². The summed E-state index contributed by atoms with van der Waals surface area (Å²) in [7, 11) is -3.68. The third-order valence-corrected chi connectivity index (χ3v) is 6.95. The molecule has 7 nitrogen and oxygen atoms in total. The lowest BCUT2D eigenvalue weighted by Crippen LogP contribution is -2.54. The molecular formula is C23H32N4O3S. The van der Waals surface area contributed by atoms with Gasteiger partial charge in [0.1, 0.15) is 0 Å². The standard InChI is InChI=1S/C23H32N4O3S/c1-4-19-5-7-20(8-6-19)17(2)25-23(28)18(3)26-13-15-27(16-14-26)21-9-11-22(12-10-21)31(24,29)30/h5-12,17-18H,4,13-16H2,1-3H3,(H,25,28)(H2,24,29,30). The van der Waals surface area contributed by atoms with Gasteiger partial charge in [-0.2, -0.15) is 0 Å². The molecule has 1 aliphatic rings. The molecule has 168 valence electrons. The van der Waals surface area contributed by atoms with Gasteiger partial charge in [-0.15, -0.1) is 0 Å². The number of amides is 1. The van der Waals surface area contributed by atoms with Crippen molar-refractivity contribution in [3.63, 3.8) is 0 Å². The molecule has 0 spiro atoms. The fourth-order valence-electron chi connectivity index (χ4n) is 3.84. The Morgan fingerprint density at radius 2 is 1.58 bits per heavy atom. The molecule has 2 unspecified atom stereocenters. The van der Waals surface area contributed by atoms with Crippen LogP contribution in [0.4, 0.5) is 5.69 Å². The maximum atomic E-state index is 12.8. The fraction of sp³-hybridized carbons (Fsp3) is 0.435. The number of carbonyl (C=O) groups is 1. The van der Waals surface area contributed by atoms with Gasteiger partial charge in [-0.3, -0.25) is 9.69 Å². The molecule has 2 aromatic carbocycles. The summed E-state index contributed by atoms with van der Waals surface area (Å²) in [5.74, 6) is 0.0259. The molecule has 0 aromatic heterocycles. The average Bonchev–Trinajstić information content (AvgIpc) is 2.78. The number of piperazine rings is 1. The van der Waals surface area contributed by atoms with Gasteiger partial charge in [0.15, 0.2) is 0 Å². The molecule has 3 rings (SSSR count). The van der Waals surface area contributed by atoms with Gasteiger partial charge in [-0.25, -0.2) is 13.6 Å². The van der Waals surface area contributed by atoms with E-state index in [0.717, 1.165) is 43.9 Å². The van der Waals surface area contributed by atoms with Crippen LogP contribution < -0.4 is 15.4 Å². The van der Waals surface area contributed by atoms with E-state index in [1.54, 1.807) is 12.1 Å². The Bertz CT molecular complexity index is 982. The first-order valence-electron chi connectivity index (χ1n) is 10.7. The van der Waals surface area contributed by atoms with Crippen LogP contribution in [0.15, 0.2) is 53.4 Å². The molecule has 1 aliphatic heterocycles. The zero-order valence-corrected chi connectivity index (χ0v) is 19.2. The monoisotopic (exact) mass is 444 g/mol. The molecule has 2 aromatic rings. The number of nitrogens with two attached hydrogens (primary N) is 1. The predicted octanol–water partition coefficient (Wildman–Crippen LogP) is 2.28. The number of rotatable bonds is 7. The second-order valence-corrected chi connectivity index (χ2v) is 9.62. The quantitative estimate of drug-likeness (QED) is 0.683. The Hall–Kier alpha value is -2.42. The van der Waals surface area contributed by atoms with E-state index in [4.69, 9.17) is 5.14 Å². The van der Waals surface area contributed by atoms with Crippen molar-refractivity contribution in [2.24, 2.45) is 5.14 Å². The first-order valence-corrected chi connectivity index (χ1v) is 12.2. The molecule has 1 heterocycles. The predicted molar refractivity (Wildman–Crippen MR) is 123 cm³/mol. The zero-order valence-electron chi connectivity index (χ0n) is 18.4. The molecule has 1 fully saturated rings. The van der Waals surface area contributed by atoms with Crippen molar-refractivity contribution in [1.29, 1.82) is 0 Å². The van der Waals surface area contributed by atoms with Crippen LogP contribution in [-0.4, -0.2) is 51.4 Å². The summed E-state index contributed by atoms with van der Waals surface area (Å²) >= 11 is 0. The number of benzene rings is 2. The maximum absolute atomic E-state index is 12.8. The van der Waals surface area contributed by atoms with Crippen molar-refractivity contribution in [2.75, 3.05) is 31.1 Å². The Morgan fingerprint density at radius 3 is 2.10 bits per heavy atom. The van der Waals surface area contributed by atoms with E-state index in [1.165, 1.54) is 17.7 Å². The second-order valence-electron chi connectivity index (χ2n) is 8.06. The van der Waals surface area contributed by atoms with Gasteiger partial charge in [-0.05, 0) is 55.7 Å². The highest BCUT2D eigenvalue weighted by atomic mass is 32.2. The average molecular weight is 445 g/mol. The lowest BCUT2D eigenvalue weighted by Gasteiger charge is -2.38. The summed E-state index contributed by atoms with van der Waals surface area (Å²) in [5, 5.41) is 8.29. The number of nitrogens with zero attached hydrogens (tertiary/aromatic N) is 2. The zero-order chi connectivity index (χ0) is 22.6. The van der Waals surface area contributed by atoms with Crippen molar-refractivity contribution < 1.29 is 13.2 Å². The molecule has 31 heavy (non-hydrogen) atoms. The number of aryl methyl sites for hydroxylation is 1. The molecule has 0 aliphatic carbocycles. The Kier molecular flexibility index (Phi) is 7.35. The summed E-state index contributed by atoms with van der Waals surface area (Å²) in [4.78, 5) is 17.3. The van der Waals surface area contributed by atoms with Crippen LogP contribution in [0.2, 0.25) is 0 Å². The lowest BCUT2D eigenvalue weighted by molar-refractivity contribution is -0.126. The van der Waals surface area contributed by atoms with Gasteiger partial charge in [0.25, 0.3) is 0 Å². The van der Waals surface area contributed by atoms with Crippen LogP contribution in [-0.2, 0) is 21.2 Å². The molecule has 0 saturated carbocycles. The molecule has 0 bridgehead atoms. The van der Waals surface area contributed by atoms with Crippen LogP contribution in [0, 0.1) is 0 Å². The Morgan fingerprint density at radius 1 is 1.00 bits per heavy atom. The van der Waals surface area contributed by atoms with Crippen molar-refractivity contribution in [3.05, 3.63) is 59.7 Å². The number of sulfonamides is 1. The molecule has 1 amide bonds. The number of hydrogen-bond donors (Lipinski definition) is 2. The topological polar surface area (TPSA) is 95.7 Å². The van der Waals surface area contributed by atoms with Gasteiger partial charge in [0.2, 0.25) is 15.9 Å². The van der Waals surface area contributed by atoms with Crippen molar-refractivity contribution in [1.82, 2.24) is 10.2 Å². The second kappa shape index (κ2) is 9.80. The Balaban J connectivity index is 1.53. The molecular weight excluding hydrogens is 412 g/mol. The van der Waals surface area contributed by atoms with Gasteiger partial charge in [0.05, 0.1) is 17.0 Å². The highest BCUT2D eigenvalue weighted by Gasteiger charge is 2.26. The van der Waals surface area contributed by atoms with E-state index in [1.807, 2.05) is 13.8 Å². The summed E-state index contributed by atoms with van der Waals surface area (Å²) in [5.41, 5.74) is 3.34. The summed E-state index contributed by atoms with van der Waals surface area (Å²) in [6.45, 7) is 9.12. The van der Waals surface area contributed by atoms with Gasteiger partial charge in [0, 0.05) is 31.9 Å². The van der Waals surface area contributed by atoms with E-state index in [-0.39, 0.29) is 22.9 Å². The third kappa shape index (κ3) is 5.84. The highest BCUT2D eigenvalue weighted by molar-refractivity contribution is 7.89. The SMILES string of the molecule is CCc1ccc(C(C)NC(=O)C(C)N2CCN(c3ccc(S(N)(=O)=O)cc3)CC2)cc1. The molecule has 8 heteroatoms. The van der Waals surface area contributed by atoms with Crippen LogP contribution in [0.5, 0.6) is 0 Å².